The SMILES string of the molecule is CC1(C)c2ccccc2-c2cc3c(-c4cccc(-c5nc(-c6cccc(-c7ccccc7)c6)nc(-c6cccc(-c7ccccc7)c6)n5)c4)cc(-c4cccc(-c5ccccc5)c4)nc3cc21. The fourth-order valence-electron chi connectivity index (χ4n) is 9.82. The second kappa shape index (κ2) is 16.4. The Hall–Kier alpha value is -8.60. The largest absolute Gasteiger partial charge is 0.248 e. The molecule has 0 atom stereocenters. The molecule has 9 aromatic carbocycles. The van der Waals surface area contributed by atoms with Crippen LogP contribution in [0.1, 0.15) is 25.0 Å². The zero-order valence-corrected chi connectivity index (χ0v) is 37.2. The van der Waals surface area contributed by atoms with Crippen molar-refractivity contribution in [3.05, 3.63) is 242 Å². The Morgan fingerprint density at radius 3 is 1.19 bits per heavy atom. The quantitative estimate of drug-likeness (QED) is 0.153. The van der Waals surface area contributed by atoms with Crippen LogP contribution in [0.25, 0.3) is 112 Å². The molecule has 0 unspecified atom stereocenters. The number of rotatable bonds is 8. The van der Waals surface area contributed by atoms with Crippen molar-refractivity contribution < 1.29 is 0 Å². The van der Waals surface area contributed by atoms with E-state index in [4.69, 9.17) is 19.9 Å². The van der Waals surface area contributed by atoms with Gasteiger partial charge in [-0.15, -0.1) is 0 Å². The summed E-state index contributed by atoms with van der Waals surface area (Å²) in [5.74, 6) is 1.82. The van der Waals surface area contributed by atoms with Crippen molar-refractivity contribution in [3.63, 3.8) is 0 Å². The van der Waals surface area contributed by atoms with Gasteiger partial charge < -0.3 is 0 Å². The van der Waals surface area contributed by atoms with Crippen molar-refractivity contribution in [2.75, 3.05) is 0 Å². The molecule has 0 saturated heterocycles. The van der Waals surface area contributed by atoms with E-state index in [1.807, 2.05) is 12.1 Å². The number of fused-ring (bicyclic) bond motifs is 4. The van der Waals surface area contributed by atoms with Crippen LogP contribution in [0, 0.1) is 0 Å². The molecule has 0 spiro atoms. The number of hydrogen-bond acceptors (Lipinski definition) is 4. The summed E-state index contributed by atoms with van der Waals surface area (Å²) in [6.07, 6.45) is 0. The Bertz CT molecular complexity index is 3550. The van der Waals surface area contributed by atoms with Crippen LogP contribution in [0.2, 0.25) is 0 Å². The number of aromatic nitrogens is 4. The molecule has 0 N–H and O–H groups in total. The zero-order valence-electron chi connectivity index (χ0n) is 37.2. The predicted molar refractivity (Wildman–Crippen MR) is 276 cm³/mol. The van der Waals surface area contributed by atoms with Gasteiger partial charge in [0.1, 0.15) is 0 Å². The van der Waals surface area contributed by atoms with Gasteiger partial charge >= 0.3 is 0 Å². The molecule has 0 saturated carbocycles. The molecule has 2 aromatic heterocycles. The van der Waals surface area contributed by atoms with Crippen molar-refractivity contribution in [1.29, 1.82) is 0 Å². The topological polar surface area (TPSA) is 51.6 Å². The average Bonchev–Trinajstić information content (AvgIpc) is 3.63. The van der Waals surface area contributed by atoms with Crippen LogP contribution in [0.3, 0.4) is 0 Å². The maximum absolute atomic E-state index is 5.47. The lowest BCUT2D eigenvalue weighted by atomic mass is 9.82. The first kappa shape index (κ1) is 40.0. The summed E-state index contributed by atoms with van der Waals surface area (Å²) in [6, 6.07) is 81.5. The normalized spacial score (nSPS) is 12.4. The van der Waals surface area contributed by atoms with E-state index in [1.54, 1.807) is 0 Å². The number of nitrogens with zero attached hydrogens (tertiary/aromatic N) is 4. The summed E-state index contributed by atoms with van der Waals surface area (Å²) in [4.78, 5) is 21.2. The van der Waals surface area contributed by atoms with Gasteiger partial charge in [-0.2, -0.15) is 0 Å². The van der Waals surface area contributed by atoms with Crippen LogP contribution in [-0.2, 0) is 5.41 Å². The summed E-state index contributed by atoms with van der Waals surface area (Å²) in [7, 11) is 0. The van der Waals surface area contributed by atoms with E-state index in [9.17, 15) is 0 Å². The lowest BCUT2D eigenvalue weighted by Crippen LogP contribution is -2.14. The van der Waals surface area contributed by atoms with Crippen LogP contribution >= 0.6 is 0 Å². The molecule has 0 fully saturated rings. The fraction of sp³-hybridized carbons (Fsp3) is 0.0476. The second-order valence-corrected chi connectivity index (χ2v) is 17.9. The minimum Gasteiger partial charge on any atom is -0.248 e. The number of pyridine rings is 1. The maximum Gasteiger partial charge on any atom is 0.164 e. The summed E-state index contributed by atoms with van der Waals surface area (Å²) in [6.45, 7) is 4.66. The van der Waals surface area contributed by atoms with Crippen molar-refractivity contribution in [3.8, 4) is 101 Å². The van der Waals surface area contributed by atoms with Gasteiger partial charge in [-0.1, -0.05) is 202 Å². The third-order valence-corrected chi connectivity index (χ3v) is 13.3. The Morgan fingerprint density at radius 2 is 0.672 bits per heavy atom. The van der Waals surface area contributed by atoms with Gasteiger partial charge in [-0.25, -0.2) is 19.9 Å². The summed E-state index contributed by atoms with van der Waals surface area (Å²) < 4.78 is 0. The highest BCUT2D eigenvalue weighted by Crippen LogP contribution is 2.51. The molecular weight excluding hydrogens is 813 g/mol. The molecule has 4 heteroatoms. The fourth-order valence-corrected chi connectivity index (χ4v) is 9.82. The van der Waals surface area contributed by atoms with Crippen LogP contribution in [0.15, 0.2) is 231 Å². The highest BCUT2D eigenvalue weighted by Gasteiger charge is 2.36. The smallest absolute Gasteiger partial charge is 0.164 e. The van der Waals surface area contributed by atoms with Crippen LogP contribution in [-0.4, -0.2) is 19.9 Å². The Labute approximate surface area is 391 Å². The Kier molecular flexibility index (Phi) is 9.80. The minimum absolute atomic E-state index is 0.166. The standard InChI is InChI=1S/C63H44N4/c1-63(2)56-33-13-12-32-52(56)54-38-55-53(39-58(64-59(55)40-57(54)63)48-28-14-24-44(34-48)41-18-6-3-7-19-41)47-27-17-31-51(37-47)62-66-60(49-29-15-25-45(35-49)42-20-8-4-9-21-42)65-61(67-62)50-30-16-26-46(36-50)43-22-10-5-11-23-43/h3-40H,1-2H3. The highest BCUT2D eigenvalue weighted by atomic mass is 15.0. The molecule has 4 nitrogen and oxygen atoms in total. The summed E-state index contributed by atoms with van der Waals surface area (Å²) in [5.41, 5.74) is 19.6. The van der Waals surface area contributed by atoms with E-state index < -0.39 is 0 Å². The molecule has 1 aliphatic rings. The number of hydrogen-bond donors (Lipinski definition) is 0. The molecule has 0 aliphatic heterocycles. The van der Waals surface area contributed by atoms with Gasteiger partial charge in [-0.05, 0) is 109 Å². The molecule has 316 valence electrons. The number of benzene rings is 9. The Morgan fingerprint density at radius 1 is 0.269 bits per heavy atom. The molecule has 0 radical (unpaired) electrons. The van der Waals surface area contributed by atoms with Crippen LogP contribution < -0.4 is 0 Å². The van der Waals surface area contributed by atoms with Gasteiger partial charge in [0.2, 0.25) is 0 Å². The highest BCUT2D eigenvalue weighted by molar-refractivity contribution is 6.02. The van der Waals surface area contributed by atoms with E-state index >= 15 is 0 Å². The van der Waals surface area contributed by atoms with Gasteiger partial charge in [0, 0.05) is 33.1 Å². The third kappa shape index (κ3) is 7.39. The van der Waals surface area contributed by atoms with Gasteiger partial charge in [0.25, 0.3) is 0 Å². The van der Waals surface area contributed by atoms with Crippen LogP contribution in [0.4, 0.5) is 0 Å². The zero-order chi connectivity index (χ0) is 44.9. The van der Waals surface area contributed by atoms with Crippen molar-refractivity contribution in [2.45, 2.75) is 19.3 Å². The first-order valence-corrected chi connectivity index (χ1v) is 22.9. The predicted octanol–water partition coefficient (Wildman–Crippen LogP) is 16.1. The van der Waals surface area contributed by atoms with Crippen molar-refractivity contribution >= 4 is 10.9 Å². The van der Waals surface area contributed by atoms with Crippen molar-refractivity contribution in [2.24, 2.45) is 0 Å². The van der Waals surface area contributed by atoms with E-state index in [1.165, 1.54) is 27.8 Å². The lowest BCUT2D eigenvalue weighted by molar-refractivity contribution is 0.661. The summed E-state index contributed by atoms with van der Waals surface area (Å²) in [5, 5.41) is 1.10. The molecule has 1 aliphatic carbocycles. The van der Waals surface area contributed by atoms with Crippen LogP contribution in [0.5, 0.6) is 0 Å². The van der Waals surface area contributed by atoms with E-state index in [0.717, 1.165) is 77.8 Å². The first-order valence-electron chi connectivity index (χ1n) is 22.9. The average molecular weight is 857 g/mol. The summed E-state index contributed by atoms with van der Waals surface area (Å²) >= 11 is 0. The van der Waals surface area contributed by atoms with Gasteiger partial charge in [0.05, 0.1) is 11.2 Å². The van der Waals surface area contributed by atoms with Gasteiger partial charge in [-0.3, -0.25) is 0 Å². The van der Waals surface area contributed by atoms with E-state index in [2.05, 4.69) is 232 Å². The molecule has 0 bridgehead atoms. The molecule has 11 aromatic rings. The minimum atomic E-state index is -0.166. The third-order valence-electron chi connectivity index (χ3n) is 13.3. The monoisotopic (exact) mass is 856 g/mol. The van der Waals surface area contributed by atoms with Gasteiger partial charge in [0.15, 0.2) is 17.5 Å². The van der Waals surface area contributed by atoms with Crippen molar-refractivity contribution in [1.82, 2.24) is 19.9 Å². The molecule has 12 rings (SSSR count). The second-order valence-electron chi connectivity index (χ2n) is 17.9. The molecule has 67 heavy (non-hydrogen) atoms. The molecule has 0 amide bonds. The van der Waals surface area contributed by atoms with E-state index in [0.29, 0.717) is 17.5 Å². The Balaban J connectivity index is 1.04. The molecule has 2 heterocycles. The first-order chi connectivity index (χ1) is 32.9. The molecular formula is C63H44N4. The lowest BCUT2D eigenvalue weighted by Gasteiger charge is -2.22. The van der Waals surface area contributed by atoms with E-state index in [-0.39, 0.29) is 5.41 Å². The maximum atomic E-state index is 5.47.